The molecule has 14 heteroatoms. The van der Waals surface area contributed by atoms with Crippen molar-refractivity contribution in [1.29, 1.82) is 0 Å². The van der Waals surface area contributed by atoms with Crippen LogP contribution in [0, 0.1) is 0 Å². The number of nitrogens with one attached hydrogen (secondary N) is 2. The minimum atomic E-state index is -4.80. The van der Waals surface area contributed by atoms with Crippen molar-refractivity contribution in [3.63, 3.8) is 0 Å². The van der Waals surface area contributed by atoms with Crippen LogP contribution in [0.3, 0.4) is 0 Å². The zero-order valence-electron chi connectivity index (χ0n) is 23.0. The van der Waals surface area contributed by atoms with Gasteiger partial charge in [-0.1, -0.05) is 41.5 Å². The lowest BCUT2D eigenvalue weighted by Gasteiger charge is -2.28. The summed E-state index contributed by atoms with van der Waals surface area (Å²) in [5.74, 6) is -0.0716. The molecule has 2 atom stereocenters. The maximum atomic E-state index is 13.8. The second-order valence-electron chi connectivity index (χ2n) is 9.55. The number of hydrazine groups is 1. The average Bonchev–Trinajstić information content (AvgIpc) is 3.31. The Morgan fingerprint density at radius 1 is 1.12 bits per heavy atom. The summed E-state index contributed by atoms with van der Waals surface area (Å²) in [5.41, 5.74) is 15.1. The first-order chi connectivity index (χ1) is 20.6. The number of hydrogen-bond donors (Lipinski definition) is 3. The molecule has 0 unspecified atom stereocenters. The fourth-order valence-electron chi connectivity index (χ4n) is 4.38. The largest absolute Gasteiger partial charge is 0.573 e. The first-order valence-electron chi connectivity index (χ1n) is 13.2. The van der Waals surface area contributed by atoms with Crippen LogP contribution in [0.15, 0.2) is 82.9 Å². The summed E-state index contributed by atoms with van der Waals surface area (Å²) in [7, 11) is 0. The van der Waals surface area contributed by atoms with Gasteiger partial charge in [-0.2, -0.15) is 0 Å². The molecule has 1 aliphatic rings. The summed E-state index contributed by atoms with van der Waals surface area (Å²) < 4.78 is 52.9. The number of hydrogen-bond acceptors (Lipinski definition) is 8. The molecule has 4 rings (SSSR count). The number of benzene rings is 3. The molecule has 3 aromatic carbocycles. The van der Waals surface area contributed by atoms with Crippen molar-refractivity contribution in [2.24, 2.45) is 10.1 Å². The maximum absolute atomic E-state index is 13.8. The summed E-state index contributed by atoms with van der Waals surface area (Å²) >= 11 is 0. The van der Waals surface area contributed by atoms with Gasteiger partial charge in [-0.3, -0.25) is 10.2 Å². The Morgan fingerprint density at radius 3 is 2.49 bits per heavy atom. The maximum Gasteiger partial charge on any atom is 0.573 e. The van der Waals surface area contributed by atoms with E-state index in [4.69, 9.17) is 25.1 Å². The summed E-state index contributed by atoms with van der Waals surface area (Å²) in [6, 6.07) is 19.0. The molecule has 226 valence electrons. The summed E-state index contributed by atoms with van der Waals surface area (Å²) in [6.07, 6.45) is -5.01. The molecule has 0 bridgehead atoms. The molecule has 0 saturated carbocycles. The molecular formula is C29H29F3N6O5. The van der Waals surface area contributed by atoms with E-state index in [1.807, 2.05) is 0 Å². The fourth-order valence-corrected chi connectivity index (χ4v) is 4.38. The number of alkyl halides is 3. The van der Waals surface area contributed by atoms with Crippen LogP contribution >= 0.6 is 0 Å². The van der Waals surface area contributed by atoms with E-state index in [1.54, 1.807) is 55.5 Å². The lowest BCUT2D eigenvalue weighted by Crippen LogP contribution is -2.55. The monoisotopic (exact) mass is 598 g/mol. The van der Waals surface area contributed by atoms with Crippen LogP contribution in [0.5, 0.6) is 11.5 Å². The van der Waals surface area contributed by atoms with Gasteiger partial charge in [0.2, 0.25) is 5.90 Å². The molecular weight excluding hydrogens is 569 g/mol. The predicted molar refractivity (Wildman–Crippen MR) is 151 cm³/mol. The molecule has 1 aliphatic heterocycles. The van der Waals surface area contributed by atoms with Gasteiger partial charge >= 0.3 is 6.36 Å². The number of azide groups is 1. The van der Waals surface area contributed by atoms with Crippen molar-refractivity contribution in [3.05, 3.63) is 99.9 Å². The zero-order chi connectivity index (χ0) is 30.9. The minimum absolute atomic E-state index is 0.0195. The third kappa shape index (κ3) is 8.16. The second-order valence-corrected chi connectivity index (χ2v) is 9.55. The topological polar surface area (TPSA) is 150 Å². The molecule has 11 nitrogen and oxygen atoms in total. The van der Waals surface area contributed by atoms with Gasteiger partial charge in [0.15, 0.2) is 5.54 Å². The van der Waals surface area contributed by atoms with Gasteiger partial charge in [-0.05, 0) is 60.0 Å². The number of amides is 1. The number of carbonyl (C=O) groups is 1. The Kier molecular flexibility index (Phi) is 10.1. The Hall–Kier alpha value is -4.78. The molecule has 3 aromatic rings. The second kappa shape index (κ2) is 13.9. The molecule has 0 aromatic heterocycles. The zero-order valence-corrected chi connectivity index (χ0v) is 23.0. The predicted octanol–water partition coefficient (Wildman–Crippen LogP) is 5.26. The number of rotatable bonds is 13. The first-order valence-corrected chi connectivity index (χ1v) is 13.2. The van der Waals surface area contributed by atoms with E-state index in [0.29, 0.717) is 41.2 Å². The van der Waals surface area contributed by atoms with E-state index in [0.717, 1.165) is 0 Å². The van der Waals surface area contributed by atoms with Crippen LogP contribution in [0.4, 0.5) is 18.9 Å². The van der Waals surface area contributed by atoms with Gasteiger partial charge in [0.25, 0.3) is 5.91 Å². The highest BCUT2D eigenvalue weighted by Gasteiger charge is 2.50. The molecule has 1 amide bonds. The number of aliphatic hydroxyl groups is 1. The Balaban J connectivity index is 1.55. The number of ether oxygens (including phenoxy) is 3. The van der Waals surface area contributed by atoms with Crippen molar-refractivity contribution < 1.29 is 37.3 Å². The van der Waals surface area contributed by atoms with Crippen LogP contribution < -0.4 is 20.3 Å². The fraction of sp³-hybridized carbons (Fsp3) is 0.310. The molecule has 0 radical (unpaired) electrons. The quantitative estimate of drug-likeness (QED) is 0.0804. The number of carbonyl (C=O) groups excluding carboxylic acids is 1. The van der Waals surface area contributed by atoms with Gasteiger partial charge in [-0.25, -0.2) is 10.4 Å². The van der Waals surface area contributed by atoms with Gasteiger partial charge in [0.1, 0.15) is 17.6 Å². The normalized spacial score (nSPS) is 17.8. The Morgan fingerprint density at radius 2 is 1.81 bits per heavy atom. The standard InChI is InChI=1S/C29H29F3N6O5/c1-19-28(17-22-5-2-3-6-25(22)36-38-33,35-26(42-19)21-9-13-23(14-10-21)41-16-4-15-39)27(40)37-34-18-20-7-11-24(12-8-20)43-29(30,31)32/h2-3,5-14,19,34,39H,4,15-18H2,1H3,(H,37,40)/t19-,28-/m0/s1. The van der Waals surface area contributed by atoms with Gasteiger partial charge in [-0.15, -0.1) is 13.2 Å². The van der Waals surface area contributed by atoms with Crippen molar-refractivity contribution in [3.8, 4) is 11.5 Å². The smallest absolute Gasteiger partial charge is 0.494 e. The summed E-state index contributed by atoms with van der Waals surface area (Å²) in [5, 5.41) is 12.7. The summed E-state index contributed by atoms with van der Waals surface area (Å²) in [6.45, 7) is 2.17. The summed E-state index contributed by atoms with van der Waals surface area (Å²) in [4.78, 5) is 21.4. The van der Waals surface area contributed by atoms with Crippen LogP contribution in [0.2, 0.25) is 0 Å². The highest BCUT2D eigenvalue weighted by Crippen LogP contribution is 2.35. The van der Waals surface area contributed by atoms with Crippen molar-refractivity contribution in [2.45, 2.75) is 44.3 Å². The molecule has 0 spiro atoms. The van der Waals surface area contributed by atoms with Crippen LogP contribution in [-0.2, 0) is 22.5 Å². The number of aliphatic imine (C=N–C) groups is 1. The molecule has 0 saturated heterocycles. The molecule has 0 fully saturated rings. The first kappa shape index (κ1) is 31.2. The van der Waals surface area contributed by atoms with Gasteiger partial charge < -0.3 is 19.3 Å². The van der Waals surface area contributed by atoms with E-state index >= 15 is 0 Å². The molecule has 43 heavy (non-hydrogen) atoms. The number of aliphatic hydroxyl groups excluding tert-OH is 1. The highest BCUT2D eigenvalue weighted by molar-refractivity contribution is 6.00. The Bertz CT molecular complexity index is 1480. The lowest BCUT2D eigenvalue weighted by molar-refractivity contribution is -0.274. The van der Waals surface area contributed by atoms with Crippen molar-refractivity contribution in [1.82, 2.24) is 10.9 Å². The van der Waals surface area contributed by atoms with Crippen LogP contribution in [0.1, 0.15) is 30.0 Å². The third-order valence-corrected chi connectivity index (χ3v) is 6.58. The van der Waals surface area contributed by atoms with E-state index in [2.05, 4.69) is 25.6 Å². The molecule has 1 heterocycles. The molecule has 3 N–H and O–H groups in total. The Labute approximate surface area is 244 Å². The van der Waals surface area contributed by atoms with Gasteiger partial charge in [0.05, 0.1) is 6.61 Å². The van der Waals surface area contributed by atoms with Gasteiger partial charge in [0, 0.05) is 42.2 Å². The van der Waals surface area contributed by atoms with E-state index < -0.39 is 23.9 Å². The van der Waals surface area contributed by atoms with Crippen LogP contribution in [0.25, 0.3) is 10.4 Å². The highest BCUT2D eigenvalue weighted by atomic mass is 19.4. The van der Waals surface area contributed by atoms with E-state index in [-0.39, 0.29) is 31.2 Å². The van der Waals surface area contributed by atoms with E-state index in [1.165, 1.54) is 24.3 Å². The van der Waals surface area contributed by atoms with Crippen LogP contribution in [-0.4, -0.2) is 48.1 Å². The number of halogens is 3. The van der Waals surface area contributed by atoms with Crippen molar-refractivity contribution >= 4 is 17.5 Å². The SMILES string of the molecule is C[C@@H]1OC(c2ccc(OCCCO)cc2)=N[C@]1(Cc1ccccc1N=[N+]=[N-])C(=O)NNCc1ccc(OC(F)(F)F)cc1. The minimum Gasteiger partial charge on any atom is -0.494 e. The number of nitrogens with zero attached hydrogens (tertiary/aromatic N) is 4. The average molecular weight is 599 g/mol. The van der Waals surface area contributed by atoms with Crippen molar-refractivity contribution in [2.75, 3.05) is 13.2 Å². The molecule has 0 aliphatic carbocycles. The lowest BCUT2D eigenvalue weighted by atomic mass is 9.85. The van der Waals surface area contributed by atoms with E-state index in [9.17, 15) is 18.0 Å². The third-order valence-electron chi connectivity index (χ3n) is 6.58.